The van der Waals surface area contributed by atoms with Crippen LogP contribution in [-0.4, -0.2) is 21.5 Å². The van der Waals surface area contributed by atoms with Crippen molar-refractivity contribution < 1.29 is 9.90 Å². The fraction of sp³-hybridized carbons (Fsp3) is 0.263. The van der Waals surface area contributed by atoms with Gasteiger partial charge in [-0.2, -0.15) is 0 Å². The number of benzene rings is 2. The normalized spacial score (nSPS) is 12.0. The van der Waals surface area contributed by atoms with Crippen LogP contribution in [0.5, 0.6) is 0 Å². The van der Waals surface area contributed by atoms with Gasteiger partial charge in [0.1, 0.15) is 5.60 Å². The molecule has 2 aromatic carbocycles. The summed E-state index contributed by atoms with van der Waals surface area (Å²) in [6.07, 6.45) is 0.683. The van der Waals surface area contributed by atoms with Crippen molar-refractivity contribution >= 4 is 27.6 Å². The molecule has 0 radical (unpaired) electrons. The third-order valence-electron chi connectivity index (χ3n) is 4.56. The van der Waals surface area contributed by atoms with Crippen LogP contribution in [0.3, 0.4) is 0 Å². The first-order valence-electron chi connectivity index (χ1n) is 7.82. The zero-order valence-electron chi connectivity index (χ0n) is 13.2. The number of carbonyl (C=O) groups excluding carboxylic acids is 1. The lowest BCUT2D eigenvalue weighted by atomic mass is 9.87. The Morgan fingerprint density at radius 3 is 2.39 bits per heavy atom. The van der Waals surface area contributed by atoms with Gasteiger partial charge in [0.15, 0.2) is 11.2 Å². The van der Waals surface area contributed by atoms with Crippen LogP contribution < -0.4 is 5.43 Å². The predicted octanol–water partition coefficient (Wildman–Crippen LogP) is 3.42. The van der Waals surface area contributed by atoms with Gasteiger partial charge in [-0.05, 0) is 43.2 Å². The lowest BCUT2D eigenvalue weighted by molar-refractivity contribution is 0.0278. The average Bonchev–Trinajstić information content (AvgIpc) is 2.60. The second-order valence-corrected chi connectivity index (χ2v) is 5.83. The number of rotatable bonds is 4. The second-order valence-electron chi connectivity index (χ2n) is 5.83. The minimum Gasteiger partial charge on any atom is -0.382 e. The average molecular weight is 309 g/mol. The molecule has 3 aromatic rings. The van der Waals surface area contributed by atoms with E-state index in [9.17, 15) is 14.7 Å². The van der Waals surface area contributed by atoms with Gasteiger partial charge in [0.2, 0.25) is 0 Å². The summed E-state index contributed by atoms with van der Waals surface area (Å²) in [6, 6.07) is 12.3. The van der Waals surface area contributed by atoms with Crippen LogP contribution in [0.4, 0.5) is 0 Å². The van der Waals surface area contributed by atoms with Gasteiger partial charge in [-0.1, -0.05) is 26.0 Å². The van der Waals surface area contributed by atoms with Crippen LogP contribution in [-0.2, 0) is 0 Å². The van der Waals surface area contributed by atoms with Gasteiger partial charge in [0, 0.05) is 27.4 Å². The summed E-state index contributed by atoms with van der Waals surface area (Å²) in [5, 5.41) is 11.5. The molecule has 1 heterocycles. The third kappa shape index (κ3) is 2.45. The highest BCUT2D eigenvalue weighted by molar-refractivity contribution is 6.05. The minimum atomic E-state index is -1.38. The molecular weight excluding hydrogens is 290 g/mol. The van der Waals surface area contributed by atoms with Crippen LogP contribution in [0.2, 0.25) is 0 Å². The van der Waals surface area contributed by atoms with Crippen molar-refractivity contribution in [2.75, 3.05) is 0 Å². The number of nitrogens with one attached hydrogen (secondary N) is 1. The summed E-state index contributed by atoms with van der Waals surface area (Å²) in [5.41, 5.74) is 0.326. The number of carbonyl (C=O) groups is 1. The number of fused-ring (bicyclic) bond motifs is 2. The lowest BCUT2D eigenvalue weighted by Gasteiger charge is -2.23. The molecule has 0 aliphatic rings. The van der Waals surface area contributed by atoms with E-state index in [1.807, 2.05) is 18.2 Å². The number of pyridine rings is 1. The Bertz CT molecular complexity index is 952. The summed E-state index contributed by atoms with van der Waals surface area (Å²) in [6.45, 7) is 3.56. The van der Waals surface area contributed by atoms with E-state index < -0.39 is 5.60 Å². The molecule has 118 valence electrons. The van der Waals surface area contributed by atoms with E-state index in [0.29, 0.717) is 34.7 Å². The third-order valence-corrected chi connectivity index (χ3v) is 4.56. The molecule has 0 saturated heterocycles. The maximum Gasteiger partial charge on any atom is 0.197 e. The van der Waals surface area contributed by atoms with Crippen molar-refractivity contribution in [3.63, 3.8) is 0 Å². The number of aliphatic hydroxyl groups is 1. The van der Waals surface area contributed by atoms with E-state index in [2.05, 4.69) is 4.98 Å². The van der Waals surface area contributed by atoms with Crippen molar-refractivity contribution in [2.45, 2.75) is 32.3 Å². The molecule has 0 amide bonds. The number of Topliss-reactive ketones (excluding diaryl/α,β-unsaturated/α-hetero) is 1. The van der Waals surface area contributed by atoms with Crippen molar-refractivity contribution in [3.05, 3.63) is 58.3 Å². The van der Waals surface area contributed by atoms with E-state index in [0.717, 1.165) is 5.52 Å². The molecule has 0 aliphatic heterocycles. The molecular formula is C19H19NO3. The molecule has 4 nitrogen and oxygen atoms in total. The Morgan fingerprint density at radius 2 is 1.70 bits per heavy atom. The van der Waals surface area contributed by atoms with Gasteiger partial charge in [0.25, 0.3) is 0 Å². The Hall–Kier alpha value is -2.46. The largest absolute Gasteiger partial charge is 0.382 e. The van der Waals surface area contributed by atoms with Gasteiger partial charge in [-0.15, -0.1) is 0 Å². The number of ketones is 1. The molecule has 0 bridgehead atoms. The van der Waals surface area contributed by atoms with Crippen molar-refractivity contribution in [2.24, 2.45) is 0 Å². The Morgan fingerprint density at radius 1 is 1.04 bits per heavy atom. The predicted molar refractivity (Wildman–Crippen MR) is 91.9 cm³/mol. The van der Waals surface area contributed by atoms with Gasteiger partial charge in [-0.25, -0.2) is 0 Å². The summed E-state index contributed by atoms with van der Waals surface area (Å²) in [4.78, 5) is 28.5. The maximum atomic E-state index is 12.7. The van der Waals surface area contributed by atoms with E-state index in [-0.39, 0.29) is 11.2 Å². The molecule has 0 spiro atoms. The van der Waals surface area contributed by atoms with Crippen molar-refractivity contribution in [1.29, 1.82) is 0 Å². The molecule has 0 atom stereocenters. The number of aromatic amines is 1. The highest BCUT2D eigenvalue weighted by atomic mass is 16.3. The molecule has 3 rings (SSSR count). The van der Waals surface area contributed by atoms with E-state index >= 15 is 0 Å². The van der Waals surface area contributed by atoms with Crippen LogP contribution in [0.1, 0.15) is 37.0 Å². The summed E-state index contributed by atoms with van der Waals surface area (Å²) in [7, 11) is 0. The molecule has 0 fully saturated rings. The highest BCUT2D eigenvalue weighted by Crippen LogP contribution is 2.23. The smallest absolute Gasteiger partial charge is 0.197 e. The zero-order valence-corrected chi connectivity index (χ0v) is 13.2. The Kier molecular flexibility index (Phi) is 3.78. The first kappa shape index (κ1) is 15.4. The summed E-state index contributed by atoms with van der Waals surface area (Å²) >= 11 is 0. The fourth-order valence-electron chi connectivity index (χ4n) is 2.90. The maximum absolute atomic E-state index is 12.7. The highest BCUT2D eigenvalue weighted by Gasteiger charge is 2.32. The van der Waals surface area contributed by atoms with Gasteiger partial charge >= 0.3 is 0 Å². The zero-order chi connectivity index (χ0) is 16.6. The van der Waals surface area contributed by atoms with E-state index in [4.69, 9.17) is 0 Å². The first-order chi connectivity index (χ1) is 11.0. The topological polar surface area (TPSA) is 70.2 Å². The molecule has 4 heteroatoms. The molecule has 23 heavy (non-hydrogen) atoms. The van der Waals surface area contributed by atoms with E-state index in [1.54, 1.807) is 38.1 Å². The number of aromatic nitrogens is 1. The van der Waals surface area contributed by atoms with Crippen molar-refractivity contribution in [1.82, 2.24) is 4.98 Å². The molecule has 0 unspecified atom stereocenters. The first-order valence-corrected chi connectivity index (χ1v) is 7.82. The standard InChI is InChI=1S/C19H19NO3/c1-3-19(23,4-2)18(22)12-9-10-16-14(11-12)17(21)13-7-5-6-8-15(13)20-16/h5-11,23H,3-4H2,1-2H3,(H,20,21). The van der Waals surface area contributed by atoms with Gasteiger partial charge in [0.05, 0.1) is 0 Å². The lowest BCUT2D eigenvalue weighted by Crippen LogP contribution is -2.37. The number of hydrogen-bond acceptors (Lipinski definition) is 3. The number of para-hydroxylation sites is 1. The van der Waals surface area contributed by atoms with Gasteiger partial charge in [-0.3, -0.25) is 9.59 Å². The SMILES string of the molecule is CCC(O)(CC)C(=O)c1ccc2[nH]c3ccccc3c(=O)c2c1. The Labute approximate surface area is 133 Å². The number of hydrogen-bond donors (Lipinski definition) is 2. The fourth-order valence-corrected chi connectivity index (χ4v) is 2.90. The summed E-state index contributed by atoms with van der Waals surface area (Å²) < 4.78 is 0. The monoisotopic (exact) mass is 309 g/mol. The quantitative estimate of drug-likeness (QED) is 0.573. The van der Waals surface area contributed by atoms with Gasteiger partial charge < -0.3 is 10.1 Å². The van der Waals surface area contributed by atoms with Crippen LogP contribution in [0, 0.1) is 0 Å². The van der Waals surface area contributed by atoms with Crippen molar-refractivity contribution in [3.8, 4) is 0 Å². The molecule has 2 N–H and O–H groups in total. The Balaban J connectivity index is 2.23. The van der Waals surface area contributed by atoms with Crippen LogP contribution in [0.15, 0.2) is 47.3 Å². The number of H-pyrrole nitrogens is 1. The minimum absolute atomic E-state index is 0.111. The molecule has 1 aromatic heterocycles. The van der Waals surface area contributed by atoms with Crippen LogP contribution in [0.25, 0.3) is 21.8 Å². The molecule has 0 saturated carbocycles. The second kappa shape index (κ2) is 5.63. The van der Waals surface area contributed by atoms with E-state index in [1.165, 1.54) is 0 Å². The molecule has 0 aliphatic carbocycles. The van der Waals surface area contributed by atoms with Crippen LogP contribution >= 0.6 is 0 Å². The summed E-state index contributed by atoms with van der Waals surface area (Å²) in [5.74, 6) is -0.336.